The molecular weight excluding hydrogens is 303 g/mol. The van der Waals surface area contributed by atoms with Crippen LogP contribution in [0.25, 0.3) is 0 Å². The molecule has 1 aliphatic carbocycles. The Morgan fingerprint density at radius 2 is 2.09 bits per heavy atom. The first-order valence-corrected chi connectivity index (χ1v) is 8.23. The lowest BCUT2D eigenvalue weighted by molar-refractivity contribution is -0.132. The number of hydrogen-bond donors (Lipinski definition) is 2. The van der Waals surface area contributed by atoms with E-state index in [1.54, 1.807) is 25.1 Å². The van der Waals surface area contributed by atoms with Gasteiger partial charge in [0.2, 0.25) is 0 Å². The zero-order valence-corrected chi connectivity index (χ0v) is 13.4. The van der Waals surface area contributed by atoms with Gasteiger partial charge in [-0.1, -0.05) is 30.0 Å². The normalized spacial score (nSPS) is 28.0. The molecule has 1 aromatic carbocycles. The lowest BCUT2D eigenvalue weighted by atomic mass is 9.71. The predicted molar refractivity (Wildman–Crippen MR) is 85.2 cm³/mol. The highest BCUT2D eigenvalue weighted by Gasteiger charge is 2.59. The topological polar surface area (TPSA) is 61.7 Å². The fourth-order valence-corrected chi connectivity index (χ4v) is 4.17. The fourth-order valence-electron chi connectivity index (χ4n) is 2.89. The van der Waals surface area contributed by atoms with E-state index in [-0.39, 0.29) is 17.8 Å². The molecule has 0 radical (unpaired) electrons. The van der Waals surface area contributed by atoms with E-state index in [0.29, 0.717) is 23.6 Å². The van der Waals surface area contributed by atoms with Crippen molar-refractivity contribution in [1.82, 2.24) is 5.32 Å². The average Bonchev–Trinajstić information content (AvgIpc) is 2.72. The number of hydrogen-bond acceptors (Lipinski definition) is 4. The second-order valence-electron chi connectivity index (χ2n) is 6.13. The van der Waals surface area contributed by atoms with Gasteiger partial charge < -0.3 is 10.4 Å². The number of aliphatic hydroxyl groups is 1. The van der Waals surface area contributed by atoms with Crippen molar-refractivity contribution in [2.24, 2.45) is 4.99 Å². The summed E-state index contributed by atoms with van der Waals surface area (Å²) in [5.41, 5.74) is -0.461. The van der Waals surface area contributed by atoms with Crippen LogP contribution in [0.5, 0.6) is 0 Å². The summed E-state index contributed by atoms with van der Waals surface area (Å²) >= 11 is 1.25. The van der Waals surface area contributed by atoms with Crippen LogP contribution >= 0.6 is 11.8 Å². The zero-order valence-electron chi connectivity index (χ0n) is 12.6. The third kappa shape index (κ3) is 2.34. The van der Waals surface area contributed by atoms with Gasteiger partial charge >= 0.3 is 0 Å². The highest BCUT2D eigenvalue weighted by atomic mass is 32.2. The van der Waals surface area contributed by atoms with Crippen molar-refractivity contribution in [3.8, 4) is 0 Å². The number of nitrogens with zero attached hydrogens (tertiary/aromatic N) is 1. The highest BCUT2D eigenvalue weighted by molar-refractivity contribution is 8.16. The molecule has 0 unspecified atom stereocenters. The Morgan fingerprint density at radius 1 is 1.41 bits per heavy atom. The molecule has 2 N–H and O–H groups in total. The average molecular weight is 322 g/mol. The van der Waals surface area contributed by atoms with Gasteiger partial charge in [-0.05, 0) is 39.2 Å². The molecule has 3 rings (SSSR count). The number of amides is 1. The van der Waals surface area contributed by atoms with E-state index in [9.17, 15) is 14.3 Å². The number of nitrogens with one attached hydrogen (secondary N) is 1. The van der Waals surface area contributed by atoms with Gasteiger partial charge in [-0.2, -0.15) is 4.99 Å². The van der Waals surface area contributed by atoms with Gasteiger partial charge in [-0.15, -0.1) is 0 Å². The number of carbonyl (C=O) groups excluding carboxylic acids is 1. The molecule has 118 valence electrons. The van der Waals surface area contributed by atoms with Crippen molar-refractivity contribution in [2.45, 2.75) is 49.5 Å². The summed E-state index contributed by atoms with van der Waals surface area (Å²) in [5.74, 6) is -0.610. The van der Waals surface area contributed by atoms with E-state index in [1.165, 1.54) is 17.8 Å². The molecule has 1 aromatic rings. The van der Waals surface area contributed by atoms with Crippen molar-refractivity contribution in [2.75, 3.05) is 0 Å². The summed E-state index contributed by atoms with van der Waals surface area (Å²) in [7, 11) is 0. The van der Waals surface area contributed by atoms with Crippen LogP contribution in [0.4, 0.5) is 4.39 Å². The number of carbonyl (C=O) groups is 1. The van der Waals surface area contributed by atoms with Crippen LogP contribution in [0.2, 0.25) is 0 Å². The van der Waals surface area contributed by atoms with Gasteiger partial charge in [-0.25, -0.2) is 4.39 Å². The van der Waals surface area contributed by atoms with Crippen molar-refractivity contribution < 1.29 is 14.3 Å². The maximum Gasteiger partial charge on any atom is 0.267 e. The van der Waals surface area contributed by atoms with E-state index in [2.05, 4.69) is 10.3 Å². The molecule has 0 bridgehead atoms. The second kappa shape index (κ2) is 5.35. The minimum absolute atomic E-state index is 0.294. The molecule has 1 fully saturated rings. The minimum atomic E-state index is -0.983. The largest absolute Gasteiger partial charge is 0.388 e. The smallest absolute Gasteiger partial charge is 0.267 e. The number of benzene rings is 1. The molecule has 1 saturated carbocycles. The molecule has 2 aliphatic rings. The monoisotopic (exact) mass is 322 g/mol. The Balaban J connectivity index is 1.74. The Labute approximate surface area is 133 Å². The first-order valence-electron chi connectivity index (χ1n) is 7.41. The van der Waals surface area contributed by atoms with E-state index in [4.69, 9.17) is 0 Å². The van der Waals surface area contributed by atoms with Gasteiger partial charge in [-0.3, -0.25) is 4.79 Å². The van der Waals surface area contributed by atoms with Crippen LogP contribution in [0.3, 0.4) is 0 Å². The van der Waals surface area contributed by atoms with Crippen LogP contribution < -0.4 is 5.32 Å². The van der Waals surface area contributed by atoms with Crippen molar-refractivity contribution in [1.29, 1.82) is 0 Å². The van der Waals surface area contributed by atoms with Crippen LogP contribution in [-0.4, -0.2) is 26.5 Å². The Morgan fingerprint density at radius 3 is 2.68 bits per heavy atom. The quantitative estimate of drug-likeness (QED) is 0.898. The standard InChI is InChI=1S/C16H19FN2O2S/c1-10(11-6-3-4-7-12(11)17)18-14-19-13(20)15(2,22-14)16(21)8-5-9-16/h3-4,6-7,10,21H,5,8-9H2,1-2H3,(H,18,19,20)/t10-,15-/m0/s1. The number of halogens is 1. The SMILES string of the molecule is C[C@H](NC1=NC(=O)[C@@](C)(C2(O)CCC2)S1)c1ccccc1F. The molecule has 22 heavy (non-hydrogen) atoms. The Hall–Kier alpha value is -1.40. The first-order chi connectivity index (χ1) is 10.4. The van der Waals surface area contributed by atoms with Crippen molar-refractivity contribution in [3.05, 3.63) is 35.6 Å². The molecule has 1 heterocycles. The molecule has 4 nitrogen and oxygen atoms in total. The highest BCUT2D eigenvalue weighted by Crippen LogP contribution is 2.51. The van der Waals surface area contributed by atoms with Gasteiger partial charge in [0.25, 0.3) is 5.91 Å². The summed E-state index contributed by atoms with van der Waals surface area (Å²) in [4.78, 5) is 16.3. The van der Waals surface area contributed by atoms with Crippen LogP contribution in [-0.2, 0) is 4.79 Å². The van der Waals surface area contributed by atoms with Crippen LogP contribution in [0.1, 0.15) is 44.7 Å². The van der Waals surface area contributed by atoms with Crippen LogP contribution in [0.15, 0.2) is 29.3 Å². The van der Waals surface area contributed by atoms with E-state index < -0.39 is 10.3 Å². The molecular formula is C16H19FN2O2S. The Kier molecular flexibility index (Phi) is 3.77. The fraction of sp³-hybridized carbons (Fsp3) is 0.500. The summed E-state index contributed by atoms with van der Waals surface area (Å²) < 4.78 is 12.9. The minimum Gasteiger partial charge on any atom is -0.388 e. The maximum absolute atomic E-state index is 13.8. The maximum atomic E-state index is 13.8. The lowest BCUT2D eigenvalue weighted by Gasteiger charge is -2.46. The first kappa shape index (κ1) is 15.5. The summed E-state index contributed by atoms with van der Waals surface area (Å²) in [6.45, 7) is 3.56. The van der Waals surface area contributed by atoms with E-state index in [1.807, 2.05) is 6.92 Å². The predicted octanol–water partition coefficient (Wildman–Crippen LogP) is 2.78. The third-order valence-electron chi connectivity index (χ3n) is 4.69. The molecule has 0 aromatic heterocycles. The molecule has 1 amide bonds. The van der Waals surface area contributed by atoms with Crippen molar-refractivity contribution >= 4 is 22.8 Å². The third-order valence-corrected chi connectivity index (χ3v) is 6.06. The molecule has 6 heteroatoms. The number of thioether (sulfide) groups is 1. The zero-order chi connectivity index (χ0) is 16.0. The molecule has 2 atom stereocenters. The Bertz CT molecular complexity index is 645. The number of aliphatic imine (C=N–C) groups is 1. The number of amidine groups is 1. The van der Waals surface area contributed by atoms with Gasteiger partial charge in [0.15, 0.2) is 5.17 Å². The lowest BCUT2D eigenvalue weighted by Crippen LogP contribution is -2.57. The van der Waals surface area contributed by atoms with Gasteiger partial charge in [0, 0.05) is 5.56 Å². The molecule has 0 saturated heterocycles. The van der Waals surface area contributed by atoms with E-state index in [0.717, 1.165) is 6.42 Å². The van der Waals surface area contributed by atoms with E-state index >= 15 is 0 Å². The molecule has 0 spiro atoms. The molecule has 1 aliphatic heterocycles. The van der Waals surface area contributed by atoms with Gasteiger partial charge in [0.1, 0.15) is 10.6 Å². The van der Waals surface area contributed by atoms with Crippen molar-refractivity contribution in [3.63, 3.8) is 0 Å². The number of rotatable bonds is 3. The summed E-state index contributed by atoms with van der Waals surface area (Å²) in [6.07, 6.45) is 2.16. The summed E-state index contributed by atoms with van der Waals surface area (Å²) in [5, 5.41) is 14.1. The van der Waals surface area contributed by atoms with Crippen LogP contribution in [0, 0.1) is 5.82 Å². The van der Waals surface area contributed by atoms with Gasteiger partial charge in [0.05, 0.1) is 11.6 Å². The summed E-state index contributed by atoms with van der Waals surface area (Å²) in [6, 6.07) is 6.21. The second-order valence-corrected chi connectivity index (χ2v) is 7.54.